The zero-order valence-electron chi connectivity index (χ0n) is 12.5. The van der Waals surface area contributed by atoms with Crippen LogP contribution in [0.5, 0.6) is 0 Å². The number of amides is 1. The summed E-state index contributed by atoms with van der Waals surface area (Å²) in [5.74, 6) is 0.835. The van der Waals surface area contributed by atoms with E-state index in [0.29, 0.717) is 10.7 Å². The minimum atomic E-state index is -0.143. The number of anilines is 1. The second kappa shape index (κ2) is 7.39. The van der Waals surface area contributed by atoms with Crippen LogP contribution in [0, 0.1) is 0 Å². The van der Waals surface area contributed by atoms with Gasteiger partial charge in [-0.3, -0.25) is 15.1 Å². The van der Waals surface area contributed by atoms with Crippen molar-refractivity contribution in [2.24, 2.45) is 0 Å². The monoisotopic (exact) mass is 341 g/mol. The zero-order chi connectivity index (χ0) is 16.1. The molecule has 0 bridgehead atoms. The van der Waals surface area contributed by atoms with E-state index in [-0.39, 0.29) is 5.91 Å². The highest BCUT2D eigenvalue weighted by atomic mass is 32.2. The smallest absolute Gasteiger partial charge is 0.257 e. The van der Waals surface area contributed by atoms with Gasteiger partial charge < -0.3 is 0 Å². The predicted octanol–water partition coefficient (Wildman–Crippen LogP) is 4.57. The van der Waals surface area contributed by atoms with E-state index in [1.165, 1.54) is 11.3 Å². The first kappa shape index (κ1) is 15.7. The average molecular weight is 341 g/mol. The predicted molar refractivity (Wildman–Crippen MR) is 96.1 cm³/mol. The molecule has 23 heavy (non-hydrogen) atoms. The highest BCUT2D eigenvalue weighted by Crippen LogP contribution is 2.25. The van der Waals surface area contributed by atoms with Gasteiger partial charge in [0.1, 0.15) is 0 Å². The van der Waals surface area contributed by atoms with Crippen molar-refractivity contribution in [3.63, 3.8) is 0 Å². The van der Waals surface area contributed by atoms with Crippen LogP contribution in [0.4, 0.5) is 5.13 Å². The highest BCUT2D eigenvalue weighted by molar-refractivity contribution is 7.99. The van der Waals surface area contributed by atoms with E-state index in [1.54, 1.807) is 24.2 Å². The van der Waals surface area contributed by atoms with Gasteiger partial charge in [0.25, 0.3) is 5.91 Å². The van der Waals surface area contributed by atoms with Crippen LogP contribution in [0.2, 0.25) is 0 Å². The molecule has 116 valence electrons. The largest absolute Gasteiger partial charge is 0.298 e. The lowest BCUT2D eigenvalue weighted by Gasteiger charge is -2.04. The lowest BCUT2D eigenvalue weighted by atomic mass is 10.2. The second-order valence-electron chi connectivity index (χ2n) is 4.69. The molecule has 0 saturated carbocycles. The quantitative estimate of drug-likeness (QED) is 0.691. The van der Waals surface area contributed by atoms with Crippen LogP contribution in [0.1, 0.15) is 17.3 Å². The number of hydrogen-bond acceptors (Lipinski definition) is 5. The van der Waals surface area contributed by atoms with Gasteiger partial charge in [0.05, 0.1) is 5.69 Å². The number of pyridine rings is 1. The molecule has 0 fully saturated rings. The van der Waals surface area contributed by atoms with E-state index in [4.69, 9.17) is 0 Å². The van der Waals surface area contributed by atoms with Gasteiger partial charge in [-0.2, -0.15) is 0 Å². The van der Waals surface area contributed by atoms with E-state index in [9.17, 15) is 4.79 Å². The number of hydrogen-bond donors (Lipinski definition) is 1. The Morgan fingerprint density at radius 2 is 2.22 bits per heavy atom. The van der Waals surface area contributed by atoms with Crippen LogP contribution >= 0.6 is 23.1 Å². The number of nitrogens with zero attached hydrogens (tertiary/aromatic N) is 2. The minimum Gasteiger partial charge on any atom is -0.298 e. The minimum absolute atomic E-state index is 0.143. The molecule has 3 aromatic rings. The van der Waals surface area contributed by atoms with E-state index >= 15 is 0 Å². The highest BCUT2D eigenvalue weighted by Gasteiger charge is 2.10. The molecule has 3 rings (SSSR count). The van der Waals surface area contributed by atoms with Crippen molar-refractivity contribution >= 4 is 34.1 Å². The van der Waals surface area contributed by atoms with Crippen molar-refractivity contribution in [1.82, 2.24) is 9.97 Å². The number of nitrogens with one attached hydrogen (secondary N) is 1. The number of rotatable bonds is 5. The third kappa shape index (κ3) is 3.97. The molecule has 2 aromatic heterocycles. The third-order valence-corrected chi connectivity index (χ3v) is 4.72. The average Bonchev–Trinajstić information content (AvgIpc) is 3.05. The molecule has 1 N–H and O–H groups in total. The summed E-state index contributed by atoms with van der Waals surface area (Å²) < 4.78 is 0. The number of aromatic nitrogens is 2. The van der Waals surface area contributed by atoms with Gasteiger partial charge in [0, 0.05) is 33.8 Å². The summed E-state index contributed by atoms with van der Waals surface area (Å²) >= 11 is 3.12. The van der Waals surface area contributed by atoms with Crippen LogP contribution in [-0.4, -0.2) is 21.6 Å². The normalized spacial score (nSPS) is 10.5. The standard InChI is InChI=1S/C17H15N3OS2/c1-2-22-14-7-3-5-12(9-14)16(21)20-17-19-15(11-23-17)13-6-4-8-18-10-13/h3-11H,2H2,1H3,(H,19,20,21). The van der Waals surface area contributed by atoms with Crippen LogP contribution < -0.4 is 5.32 Å². The van der Waals surface area contributed by atoms with Gasteiger partial charge in [0.15, 0.2) is 5.13 Å². The lowest BCUT2D eigenvalue weighted by molar-refractivity contribution is 0.102. The van der Waals surface area contributed by atoms with Gasteiger partial charge in [0.2, 0.25) is 0 Å². The molecule has 0 radical (unpaired) electrons. The van der Waals surface area contributed by atoms with Crippen molar-refractivity contribution in [3.8, 4) is 11.3 Å². The molecular formula is C17H15N3OS2. The first-order valence-corrected chi connectivity index (χ1v) is 9.03. The summed E-state index contributed by atoms with van der Waals surface area (Å²) in [4.78, 5) is 22.0. The maximum Gasteiger partial charge on any atom is 0.257 e. The summed E-state index contributed by atoms with van der Waals surface area (Å²) in [7, 11) is 0. The van der Waals surface area contributed by atoms with E-state index in [2.05, 4.69) is 22.2 Å². The Bertz CT molecular complexity index is 802. The fourth-order valence-corrected chi connectivity index (χ4v) is 3.47. The molecular weight excluding hydrogens is 326 g/mol. The summed E-state index contributed by atoms with van der Waals surface area (Å²) in [6.07, 6.45) is 3.48. The third-order valence-electron chi connectivity index (χ3n) is 3.09. The number of thiazole rings is 1. The van der Waals surface area contributed by atoms with Crippen LogP contribution in [0.25, 0.3) is 11.3 Å². The number of carbonyl (C=O) groups is 1. The van der Waals surface area contributed by atoms with Crippen LogP contribution in [-0.2, 0) is 0 Å². The molecule has 0 atom stereocenters. The van der Waals surface area contributed by atoms with Gasteiger partial charge in [-0.25, -0.2) is 4.98 Å². The van der Waals surface area contributed by atoms with Gasteiger partial charge >= 0.3 is 0 Å². The van der Waals surface area contributed by atoms with E-state index < -0.39 is 0 Å². The van der Waals surface area contributed by atoms with Crippen LogP contribution in [0.3, 0.4) is 0 Å². The summed E-state index contributed by atoms with van der Waals surface area (Å²) in [5, 5.41) is 5.35. The number of thioether (sulfide) groups is 1. The Morgan fingerprint density at radius 1 is 1.30 bits per heavy atom. The number of benzene rings is 1. The zero-order valence-corrected chi connectivity index (χ0v) is 14.2. The summed E-state index contributed by atoms with van der Waals surface area (Å²) in [6.45, 7) is 2.09. The Morgan fingerprint density at radius 3 is 3.00 bits per heavy atom. The Labute approximate surface area is 143 Å². The Hall–Kier alpha value is -2.18. The fraction of sp³-hybridized carbons (Fsp3) is 0.118. The molecule has 0 saturated heterocycles. The van der Waals surface area contributed by atoms with Crippen LogP contribution in [0.15, 0.2) is 59.1 Å². The maximum atomic E-state index is 12.4. The molecule has 0 aliphatic rings. The Balaban J connectivity index is 1.73. The molecule has 1 aromatic carbocycles. The molecule has 0 unspecified atom stereocenters. The fourth-order valence-electron chi connectivity index (χ4n) is 2.04. The molecule has 2 heterocycles. The Kier molecular flexibility index (Phi) is 5.05. The van der Waals surface area contributed by atoms with E-state index in [1.807, 2.05) is 41.8 Å². The molecule has 0 aliphatic heterocycles. The summed E-state index contributed by atoms with van der Waals surface area (Å²) in [6, 6.07) is 11.4. The molecule has 0 aliphatic carbocycles. The topological polar surface area (TPSA) is 54.9 Å². The molecule has 4 nitrogen and oxygen atoms in total. The van der Waals surface area contributed by atoms with Crippen molar-refractivity contribution < 1.29 is 4.79 Å². The van der Waals surface area contributed by atoms with Crippen molar-refractivity contribution in [1.29, 1.82) is 0 Å². The van der Waals surface area contributed by atoms with Crippen molar-refractivity contribution in [3.05, 3.63) is 59.7 Å². The number of carbonyl (C=O) groups excluding carboxylic acids is 1. The van der Waals surface area contributed by atoms with E-state index in [0.717, 1.165) is 21.9 Å². The SMILES string of the molecule is CCSc1cccc(C(=O)Nc2nc(-c3cccnc3)cs2)c1. The second-order valence-corrected chi connectivity index (χ2v) is 6.89. The maximum absolute atomic E-state index is 12.4. The molecule has 6 heteroatoms. The van der Waals surface area contributed by atoms with Crippen molar-refractivity contribution in [2.45, 2.75) is 11.8 Å². The van der Waals surface area contributed by atoms with Gasteiger partial charge in [-0.05, 0) is 36.1 Å². The van der Waals surface area contributed by atoms with Gasteiger partial charge in [-0.15, -0.1) is 23.1 Å². The lowest BCUT2D eigenvalue weighted by Crippen LogP contribution is -2.11. The first-order valence-electron chi connectivity index (χ1n) is 7.16. The van der Waals surface area contributed by atoms with Gasteiger partial charge in [-0.1, -0.05) is 13.0 Å². The molecule has 0 spiro atoms. The molecule has 1 amide bonds. The van der Waals surface area contributed by atoms with Crippen molar-refractivity contribution in [2.75, 3.05) is 11.1 Å². The summed E-state index contributed by atoms with van der Waals surface area (Å²) in [5.41, 5.74) is 2.39. The first-order chi connectivity index (χ1) is 11.3.